The van der Waals surface area contributed by atoms with E-state index < -0.39 is 11.9 Å². The van der Waals surface area contributed by atoms with Crippen LogP contribution in [0.2, 0.25) is 0 Å². The molecular weight excluding hydrogens is 312 g/mol. The average molecular weight is 326 g/mol. The first-order valence-electron chi connectivity index (χ1n) is 7.17. The number of hydrogen-bond acceptors (Lipinski definition) is 4. The number of furan rings is 1. The summed E-state index contributed by atoms with van der Waals surface area (Å²) in [4.78, 5) is 22.1. The monoisotopic (exact) mass is 326 g/mol. The van der Waals surface area contributed by atoms with Crippen LogP contribution in [0.25, 0.3) is 11.0 Å². The fourth-order valence-corrected chi connectivity index (χ4v) is 2.46. The van der Waals surface area contributed by atoms with Gasteiger partial charge in [0.25, 0.3) is 0 Å². The summed E-state index contributed by atoms with van der Waals surface area (Å²) in [5.41, 5.74) is 1.63. The first kappa shape index (κ1) is 15.6. The predicted octanol–water partition coefficient (Wildman–Crippen LogP) is 3.72. The Bertz CT molecular complexity index is 921. The highest BCUT2D eigenvalue weighted by molar-refractivity contribution is 6.03. The molecule has 24 heavy (non-hydrogen) atoms. The molecule has 3 rings (SSSR count). The minimum atomic E-state index is -1.05. The number of carboxylic acid groups (broad SMARTS) is 2. The Balaban J connectivity index is 1.81. The van der Waals surface area contributed by atoms with E-state index in [0.717, 1.165) is 5.56 Å². The fraction of sp³-hybridized carbons (Fsp3) is 0.111. The zero-order valence-electron chi connectivity index (χ0n) is 12.8. The second-order valence-electron chi connectivity index (χ2n) is 5.29. The van der Waals surface area contributed by atoms with Gasteiger partial charge in [0, 0.05) is 5.39 Å². The maximum absolute atomic E-state index is 11.3. The second kappa shape index (κ2) is 6.08. The van der Waals surface area contributed by atoms with Gasteiger partial charge >= 0.3 is 11.9 Å². The first-order valence-corrected chi connectivity index (χ1v) is 7.17. The molecule has 0 aliphatic rings. The molecule has 6 nitrogen and oxygen atoms in total. The van der Waals surface area contributed by atoms with Crippen molar-refractivity contribution in [3.05, 3.63) is 64.9 Å². The molecule has 2 N–H and O–H groups in total. The summed E-state index contributed by atoms with van der Waals surface area (Å²) in [6.07, 6.45) is 0. The van der Waals surface area contributed by atoms with Crippen LogP contribution in [-0.2, 0) is 6.61 Å². The standard InChI is InChI=1S/C18H14O6/c1-10-16(18(21)22)14-8-13(6-7-15(14)24-10)23-9-11-2-4-12(5-3-11)17(19)20/h2-8H,9H2,1H3,(H,19,20)(H,21,22). The highest BCUT2D eigenvalue weighted by atomic mass is 16.5. The van der Waals surface area contributed by atoms with Gasteiger partial charge in [-0.05, 0) is 42.8 Å². The third-order valence-electron chi connectivity index (χ3n) is 3.66. The summed E-state index contributed by atoms with van der Waals surface area (Å²) in [5, 5.41) is 18.6. The molecule has 0 aliphatic carbocycles. The number of hydrogen-bond donors (Lipinski definition) is 2. The summed E-state index contributed by atoms with van der Waals surface area (Å²) in [5.74, 6) is -1.18. The van der Waals surface area contributed by atoms with E-state index in [1.807, 2.05) is 0 Å². The number of rotatable bonds is 5. The molecule has 1 aromatic heterocycles. The Kier molecular flexibility index (Phi) is 3.95. The zero-order valence-corrected chi connectivity index (χ0v) is 12.8. The van der Waals surface area contributed by atoms with Gasteiger partial charge in [0.1, 0.15) is 29.3 Å². The third-order valence-corrected chi connectivity index (χ3v) is 3.66. The SMILES string of the molecule is Cc1oc2ccc(OCc3ccc(C(=O)O)cc3)cc2c1C(=O)O. The molecule has 122 valence electrons. The molecule has 0 atom stereocenters. The number of carboxylic acids is 2. The average Bonchev–Trinajstić information content (AvgIpc) is 2.88. The molecular formula is C18H14O6. The van der Waals surface area contributed by atoms with Crippen molar-refractivity contribution in [1.82, 2.24) is 0 Å². The van der Waals surface area contributed by atoms with Crippen LogP contribution in [-0.4, -0.2) is 22.2 Å². The topological polar surface area (TPSA) is 97.0 Å². The maximum Gasteiger partial charge on any atom is 0.339 e. The molecule has 0 spiro atoms. The number of carbonyl (C=O) groups is 2. The Morgan fingerprint density at radius 3 is 2.38 bits per heavy atom. The number of ether oxygens (including phenoxy) is 1. The van der Waals surface area contributed by atoms with E-state index >= 15 is 0 Å². The summed E-state index contributed by atoms with van der Waals surface area (Å²) in [7, 11) is 0. The molecule has 0 saturated carbocycles. The van der Waals surface area contributed by atoms with Crippen LogP contribution in [0.1, 0.15) is 32.0 Å². The van der Waals surface area contributed by atoms with Gasteiger partial charge in [-0.25, -0.2) is 9.59 Å². The van der Waals surface area contributed by atoms with E-state index in [2.05, 4.69) is 0 Å². The van der Waals surface area contributed by atoms with E-state index in [0.29, 0.717) is 22.5 Å². The van der Waals surface area contributed by atoms with Crippen LogP contribution in [0.4, 0.5) is 0 Å². The Hall–Kier alpha value is -3.28. The van der Waals surface area contributed by atoms with Crippen molar-refractivity contribution < 1.29 is 29.0 Å². The van der Waals surface area contributed by atoms with Gasteiger partial charge < -0.3 is 19.4 Å². The maximum atomic E-state index is 11.3. The van der Waals surface area contributed by atoms with Crippen molar-refractivity contribution in [3.63, 3.8) is 0 Å². The molecule has 0 fully saturated rings. The van der Waals surface area contributed by atoms with Crippen LogP contribution in [0.5, 0.6) is 5.75 Å². The minimum Gasteiger partial charge on any atom is -0.489 e. The van der Waals surface area contributed by atoms with Crippen molar-refractivity contribution in [3.8, 4) is 5.75 Å². The lowest BCUT2D eigenvalue weighted by molar-refractivity contribution is 0.0686. The molecule has 0 unspecified atom stereocenters. The van der Waals surface area contributed by atoms with Gasteiger partial charge in [-0.3, -0.25) is 0 Å². The Labute approximate surface area is 136 Å². The summed E-state index contributed by atoms with van der Waals surface area (Å²) in [6, 6.07) is 11.3. The second-order valence-corrected chi connectivity index (χ2v) is 5.29. The molecule has 0 saturated heterocycles. The Morgan fingerprint density at radius 1 is 1.04 bits per heavy atom. The molecule has 1 heterocycles. The van der Waals surface area contributed by atoms with Gasteiger partial charge in [0.05, 0.1) is 5.56 Å². The van der Waals surface area contributed by atoms with Crippen molar-refractivity contribution in [2.24, 2.45) is 0 Å². The highest BCUT2D eigenvalue weighted by Gasteiger charge is 2.17. The lowest BCUT2D eigenvalue weighted by Gasteiger charge is -2.07. The summed E-state index contributed by atoms with van der Waals surface area (Å²) >= 11 is 0. The van der Waals surface area contributed by atoms with Crippen LogP contribution in [0, 0.1) is 6.92 Å². The molecule has 2 aromatic carbocycles. The van der Waals surface area contributed by atoms with Crippen molar-refractivity contribution in [2.45, 2.75) is 13.5 Å². The van der Waals surface area contributed by atoms with Crippen LogP contribution in [0.15, 0.2) is 46.9 Å². The predicted molar refractivity (Wildman–Crippen MR) is 85.6 cm³/mol. The Morgan fingerprint density at radius 2 is 1.75 bits per heavy atom. The molecule has 0 aliphatic heterocycles. The number of fused-ring (bicyclic) bond motifs is 1. The third kappa shape index (κ3) is 2.94. The molecule has 6 heteroatoms. The summed E-state index contributed by atoms with van der Waals surface area (Å²) in [6.45, 7) is 1.85. The van der Waals surface area contributed by atoms with Gasteiger partial charge in [-0.15, -0.1) is 0 Å². The smallest absolute Gasteiger partial charge is 0.339 e. The minimum absolute atomic E-state index is 0.126. The van der Waals surface area contributed by atoms with Crippen molar-refractivity contribution >= 4 is 22.9 Å². The van der Waals surface area contributed by atoms with Crippen molar-refractivity contribution in [1.29, 1.82) is 0 Å². The lowest BCUT2D eigenvalue weighted by atomic mass is 10.1. The number of benzene rings is 2. The fourth-order valence-electron chi connectivity index (χ4n) is 2.46. The zero-order chi connectivity index (χ0) is 17.3. The van der Waals surface area contributed by atoms with Crippen LogP contribution >= 0.6 is 0 Å². The van der Waals surface area contributed by atoms with Gasteiger partial charge in [0.2, 0.25) is 0 Å². The van der Waals surface area contributed by atoms with Crippen LogP contribution in [0.3, 0.4) is 0 Å². The van der Waals surface area contributed by atoms with E-state index in [1.54, 1.807) is 37.3 Å². The largest absolute Gasteiger partial charge is 0.489 e. The normalized spacial score (nSPS) is 10.7. The lowest BCUT2D eigenvalue weighted by Crippen LogP contribution is -1.99. The van der Waals surface area contributed by atoms with E-state index in [9.17, 15) is 14.7 Å². The van der Waals surface area contributed by atoms with Crippen LogP contribution < -0.4 is 4.74 Å². The quantitative estimate of drug-likeness (QED) is 0.741. The van der Waals surface area contributed by atoms with Crippen molar-refractivity contribution in [2.75, 3.05) is 0 Å². The molecule has 0 bridgehead atoms. The molecule has 0 amide bonds. The van der Waals surface area contributed by atoms with Gasteiger partial charge in [0.15, 0.2) is 0 Å². The van der Waals surface area contributed by atoms with E-state index in [4.69, 9.17) is 14.3 Å². The first-order chi connectivity index (χ1) is 11.5. The number of aryl methyl sites for hydroxylation is 1. The van der Waals surface area contributed by atoms with E-state index in [1.165, 1.54) is 12.1 Å². The molecule has 0 radical (unpaired) electrons. The summed E-state index contributed by atoms with van der Waals surface area (Å²) < 4.78 is 11.1. The number of aromatic carboxylic acids is 2. The highest BCUT2D eigenvalue weighted by Crippen LogP contribution is 2.29. The van der Waals surface area contributed by atoms with Gasteiger partial charge in [-0.1, -0.05) is 12.1 Å². The van der Waals surface area contributed by atoms with E-state index in [-0.39, 0.29) is 17.7 Å². The van der Waals surface area contributed by atoms with Gasteiger partial charge in [-0.2, -0.15) is 0 Å². The molecule has 3 aromatic rings.